The number of piperidine rings is 2. The molecule has 7 nitrogen and oxygen atoms in total. The largest absolute Gasteiger partial charge is 0.379 e. The van der Waals surface area contributed by atoms with E-state index in [4.69, 9.17) is 4.74 Å². The summed E-state index contributed by atoms with van der Waals surface area (Å²) in [6.07, 6.45) is 6.85. The number of carbonyl (C=O) groups is 2. The van der Waals surface area contributed by atoms with Gasteiger partial charge in [0, 0.05) is 57.6 Å². The van der Waals surface area contributed by atoms with E-state index < -0.39 is 0 Å². The van der Waals surface area contributed by atoms with Crippen molar-refractivity contribution in [1.29, 1.82) is 0 Å². The SMILES string of the molecule is CCCCC(=O)N1CCC(N2CCC(C(=O)NCCN3CCOCC3)CC2)CC1. The third-order valence-electron chi connectivity index (χ3n) is 6.81. The summed E-state index contributed by atoms with van der Waals surface area (Å²) in [4.78, 5) is 31.7. The Morgan fingerprint density at radius 2 is 1.66 bits per heavy atom. The van der Waals surface area contributed by atoms with Crippen LogP contribution in [0, 0.1) is 5.92 Å². The average molecular weight is 409 g/mol. The average Bonchev–Trinajstić information content (AvgIpc) is 2.78. The second kappa shape index (κ2) is 11.9. The summed E-state index contributed by atoms with van der Waals surface area (Å²) in [5.74, 6) is 0.721. The van der Waals surface area contributed by atoms with Crippen molar-refractivity contribution in [3.63, 3.8) is 0 Å². The fraction of sp³-hybridized carbons (Fsp3) is 0.909. The Hall–Kier alpha value is -1.18. The number of amides is 2. The molecule has 0 aromatic carbocycles. The summed E-state index contributed by atoms with van der Waals surface area (Å²) >= 11 is 0. The number of morpholine rings is 1. The van der Waals surface area contributed by atoms with E-state index in [0.717, 1.165) is 104 Å². The normalized spacial score (nSPS) is 23.3. The first kappa shape index (κ1) is 22.5. The van der Waals surface area contributed by atoms with Crippen molar-refractivity contribution in [2.24, 2.45) is 5.92 Å². The lowest BCUT2D eigenvalue weighted by Crippen LogP contribution is -2.50. The Balaban J connectivity index is 1.30. The first-order valence-corrected chi connectivity index (χ1v) is 11.8. The van der Waals surface area contributed by atoms with Crippen LogP contribution < -0.4 is 5.32 Å². The highest BCUT2D eigenvalue weighted by molar-refractivity contribution is 5.78. The molecule has 3 aliphatic rings. The molecule has 3 fully saturated rings. The van der Waals surface area contributed by atoms with Crippen molar-refractivity contribution in [3.8, 4) is 0 Å². The lowest BCUT2D eigenvalue weighted by atomic mass is 9.92. The van der Waals surface area contributed by atoms with Crippen LogP contribution in [0.15, 0.2) is 0 Å². The van der Waals surface area contributed by atoms with E-state index in [1.165, 1.54) is 0 Å². The molecule has 166 valence electrons. The van der Waals surface area contributed by atoms with Crippen molar-refractivity contribution in [2.45, 2.75) is 57.9 Å². The molecule has 0 bridgehead atoms. The second-order valence-corrected chi connectivity index (χ2v) is 8.77. The summed E-state index contributed by atoms with van der Waals surface area (Å²) in [6.45, 7) is 11.2. The predicted octanol–water partition coefficient (Wildman–Crippen LogP) is 1.33. The van der Waals surface area contributed by atoms with Gasteiger partial charge in [0.1, 0.15) is 0 Å². The van der Waals surface area contributed by atoms with Gasteiger partial charge in [0.05, 0.1) is 13.2 Å². The molecule has 3 heterocycles. The van der Waals surface area contributed by atoms with Gasteiger partial charge in [-0.15, -0.1) is 0 Å². The molecule has 0 saturated carbocycles. The van der Waals surface area contributed by atoms with E-state index in [-0.39, 0.29) is 11.8 Å². The molecule has 3 aliphatic heterocycles. The molecule has 3 rings (SSSR count). The zero-order valence-electron chi connectivity index (χ0n) is 18.2. The molecule has 0 aliphatic carbocycles. The molecule has 3 saturated heterocycles. The van der Waals surface area contributed by atoms with Crippen molar-refractivity contribution in [1.82, 2.24) is 20.0 Å². The Kier molecular flexibility index (Phi) is 9.21. The maximum Gasteiger partial charge on any atom is 0.223 e. The van der Waals surface area contributed by atoms with E-state index in [9.17, 15) is 9.59 Å². The summed E-state index contributed by atoms with van der Waals surface area (Å²) in [5, 5.41) is 3.14. The number of nitrogens with zero attached hydrogens (tertiary/aromatic N) is 3. The van der Waals surface area contributed by atoms with Crippen molar-refractivity contribution < 1.29 is 14.3 Å². The lowest BCUT2D eigenvalue weighted by molar-refractivity contribution is -0.133. The van der Waals surface area contributed by atoms with E-state index in [1.54, 1.807) is 0 Å². The molecule has 7 heteroatoms. The highest BCUT2D eigenvalue weighted by atomic mass is 16.5. The topological polar surface area (TPSA) is 65.1 Å². The maximum atomic E-state index is 12.5. The number of likely N-dealkylation sites (tertiary alicyclic amines) is 2. The summed E-state index contributed by atoms with van der Waals surface area (Å²) in [6, 6.07) is 0.579. The molecule has 0 unspecified atom stereocenters. The van der Waals surface area contributed by atoms with Crippen LogP contribution in [-0.2, 0) is 14.3 Å². The summed E-state index contributed by atoms with van der Waals surface area (Å²) in [7, 11) is 0. The lowest BCUT2D eigenvalue weighted by Gasteiger charge is -2.41. The standard InChI is InChI=1S/C22H40N4O3/c1-2-3-4-21(27)26-12-7-20(8-13-26)25-10-5-19(6-11-25)22(28)23-9-14-24-15-17-29-18-16-24/h19-20H,2-18H2,1H3,(H,23,28). The molecule has 0 radical (unpaired) electrons. The third-order valence-corrected chi connectivity index (χ3v) is 6.81. The van der Waals surface area contributed by atoms with Gasteiger partial charge >= 0.3 is 0 Å². The zero-order chi connectivity index (χ0) is 20.5. The number of rotatable bonds is 8. The van der Waals surface area contributed by atoms with Crippen LogP contribution in [0.4, 0.5) is 0 Å². The smallest absolute Gasteiger partial charge is 0.223 e. The monoisotopic (exact) mass is 408 g/mol. The molecule has 2 amide bonds. The summed E-state index contributed by atoms with van der Waals surface area (Å²) < 4.78 is 5.36. The molecular weight excluding hydrogens is 368 g/mol. The van der Waals surface area contributed by atoms with Gasteiger partial charge in [-0.3, -0.25) is 14.5 Å². The van der Waals surface area contributed by atoms with Gasteiger partial charge in [0.2, 0.25) is 11.8 Å². The van der Waals surface area contributed by atoms with Gasteiger partial charge in [-0.2, -0.15) is 0 Å². The van der Waals surface area contributed by atoms with Crippen LogP contribution in [-0.4, -0.2) is 98.1 Å². The van der Waals surface area contributed by atoms with Gasteiger partial charge < -0.3 is 19.9 Å². The second-order valence-electron chi connectivity index (χ2n) is 8.77. The first-order valence-electron chi connectivity index (χ1n) is 11.8. The fourth-order valence-electron chi connectivity index (χ4n) is 4.80. The van der Waals surface area contributed by atoms with Crippen LogP contribution in [0.2, 0.25) is 0 Å². The molecule has 0 atom stereocenters. The minimum absolute atomic E-state index is 0.159. The van der Waals surface area contributed by atoms with Crippen LogP contribution >= 0.6 is 0 Å². The number of nitrogens with one attached hydrogen (secondary N) is 1. The van der Waals surface area contributed by atoms with Crippen molar-refractivity contribution in [2.75, 3.05) is 65.6 Å². The van der Waals surface area contributed by atoms with E-state index in [1.807, 2.05) is 0 Å². The first-order chi connectivity index (χ1) is 14.2. The van der Waals surface area contributed by atoms with Crippen molar-refractivity contribution in [3.05, 3.63) is 0 Å². The Labute approximate surface area is 176 Å². The third kappa shape index (κ3) is 6.93. The number of ether oxygens (including phenoxy) is 1. The van der Waals surface area contributed by atoms with E-state index in [0.29, 0.717) is 18.4 Å². The summed E-state index contributed by atoms with van der Waals surface area (Å²) in [5.41, 5.74) is 0. The van der Waals surface area contributed by atoms with Gasteiger partial charge in [-0.25, -0.2) is 0 Å². The van der Waals surface area contributed by atoms with Gasteiger partial charge in [0.25, 0.3) is 0 Å². The Bertz CT molecular complexity index is 508. The highest BCUT2D eigenvalue weighted by Crippen LogP contribution is 2.24. The zero-order valence-corrected chi connectivity index (χ0v) is 18.2. The fourth-order valence-corrected chi connectivity index (χ4v) is 4.80. The minimum atomic E-state index is 0.159. The minimum Gasteiger partial charge on any atom is -0.379 e. The predicted molar refractivity (Wildman–Crippen MR) is 114 cm³/mol. The van der Waals surface area contributed by atoms with Crippen molar-refractivity contribution >= 4 is 11.8 Å². The Morgan fingerprint density at radius 3 is 2.31 bits per heavy atom. The molecular formula is C22H40N4O3. The maximum absolute atomic E-state index is 12.5. The molecule has 0 aromatic rings. The molecule has 1 N–H and O–H groups in total. The highest BCUT2D eigenvalue weighted by Gasteiger charge is 2.31. The van der Waals surface area contributed by atoms with Crippen LogP contribution in [0.1, 0.15) is 51.9 Å². The number of hydrogen-bond donors (Lipinski definition) is 1. The van der Waals surface area contributed by atoms with E-state index in [2.05, 4.69) is 26.9 Å². The number of unbranched alkanes of at least 4 members (excludes halogenated alkanes) is 1. The molecule has 0 spiro atoms. The van der Waals surface area contributed by atoms with Crippen LogP contribution in [0.3, 0.4) is 0 Å². The quantitative estimate of drug-likeness (QED) is 0.656. The van der Waals surface area contributed by atoms with Gasteiger partial charge in [-0.1, -0.05) is 13.3 Å². The molecule has 0 aromatic heterocycles. The van der Waals surface area contributed by atoms with Gasteiger partial charge in [0.15, 0.2) is 0 Å². The van der Waals surface area contributed by atoms with Gasteiger partial charge in [-0.05, 0) is 45.2 Å². The van der Waals surface area contributed by atoms with Crippen LogP contribution in [0.25, 0.3) is 0 Å². The number of hydrogen-bond acceptors (Lipinski definition) is 5. The van der Waals surface area contributed by atoms with E-state index >= 15 is 0 Å². The molecule has 29 heavy (non-hydrogen) atoms. The van der Waals surface area contributed by atoms with Crippen LogP contribution in [0.5, 0.6) is 0 Å². The number of carbonyl (C=O) groups excluding carboxylic acids is 2. The Morgan fingerprint density at radius 1 is 0.966 bits per heavy atom.